The van der Waals surface area contributed by atoms with E-state index >= 15 is 0 Å². The fourth-order valence-corrected chi connectivity index (χ4v) is 4.93. The molecule has 3 rings (SSSR count). The second kappa shape index (κ2) is 6.86. The van der Waals surface area contributed by atoms with Gasteiger partial charge in [-0.05, 0) is 31.2 Å². The Kier molecular flexibility index (Phi) is 5.03. The summed E-state index contributed by atoms with van der Waals surface area (Å²) in [7, 11) is -3.44. The first-order chi connectivity index (χ1) is 10.9. The van der Waals surface area contributed by atoms with Crippen molar-refractivity contribution >= 4 is 33.0 Å². The first kappa shape index (κ1) is 16.9. The SMILES string of the molecule is Cc1cnc(CN2CCN(S(=O)(=O)c3ccc(Cl)cc3)CC2)s1. The Hall–Kier alpha value is -0.990. The number of thiazole rings is 1. The number of aryl methyl sites for hydroxylation is 1. The lowest BCUT2D eigenvalue weighted by atomic mass is 10.3. The van der Waals surface area contributed by atoms with Gasteiger partial charge in [-0.3, -0.25) is 4.90 Å². The molecule has 0 atom stereocenters. The van der Waals surface area contributed by atoms with Crippen molar-refractivity contribution in [3.8, 4) is 0 Å². The molecule has 5 nitrogen and oxygen atoms in total. The Bertz CT molecular complexity index is 766. The number of sulfonamides is 1. The van der Waals surface area contributed by atoms with Crippen LogP contribution in [0.1, 0.15) is 9.88 Å². The monoisotopic (exact) mass is 371 g/mol. The zero-order valence-corrected chi connectivity index (χ0v) is 15.2. The van der Waals surface area contributed by atoms with Crippen molar-refractivity contribution < 1.29 is 8.42 Å². The van der Waals surface area contributed by atoms with E-state index in [0.717, 1.165) is 11.6 Å². The van der Waals surface area contributed by atoms with Gasteiger partial charge in [-0.2, -0.15) is 4.31 Å². The van der Waals surface area contributed by atoms with Gasteiger partial charge in [0.1, 0.15) is 5.01 Å². The number of halogens is 1. The maximum absolute atomic E-state index is 12.6. The van der Waals surface area contributed by atoms with Crippen LogP contribution in [0.15, 0.2) is 35.4 Å². The predicted octanol–water partition coefficient (Wildman–Crippen LogP) is 2.61. The number of hydrogen-bond acceptors (Lipinski definition) is 5. The van der Waals surface area contributed by atoms with Crippen molar-refractivity contribution in [3.05, 3.63) is 45.4 Å². The summed E-state index contributed by atoms with van der Waals surface area (Å²) in [4.78, 5) is 8.10. The van der Waals surface area contributed by atoms with Gasteiger partial charge in [-0.15, -0.1) is 11.3 Å². The van der Waals surface area contributed by atoms with Crippen LogP contribution in [-0.2, 0) is 16.6 Å². The van der Waals surface area contributed by atoms with Gasteiger partial charge in [0.15, 0.2) is 0 Å². The number of rotatable bonds is 4. The molecule has 1 fully saturated rings. The van der Waals surface area contributed by atoms with Crippen LogP contribution in [0.2, 0.25) is 5.02 Å². The van der Waals surface area contributed by atoms with Crippen molar-refractivity contribution in [3.63, 3.8) is 0 Å². The summed E-state index contributed by atoms with van der Waals surface area (Å²) >= 11 is 7.51. The van der Waals surface area contributed by atoms with Crippen LogP contribution in [0.3, 0.4) is 0 Å². The van der Waals surface area contributed by atoms with Crippen LogP contribution >= 0.6 is 22.9 Å². The normalized spacial score (nSPS) is 17.5. The number of hydrogen-bond donors (Lipinski definition) is 0. The summed E-state index contributed by atoms with van der Waals surface area (Å²) in [6, 6.07) is 6.33. The fourth-order valence-electron chi connectivity index (χ4n) is 2.55. The minimum absolute atomic E-state index is 0.297. The predicted molar refractivity (Wildman–Crippen MR) is 92.3 cm³/mol. The zero-order chi connectivity index (χ0) is 16.4. The molecule has 1 saturated heterocycles. The summed E-state index contributed by atoms with van der Waals surface area (Å²) in [5.41, 5.74) is 0. The Labute approximate surface area is 145 Å². The average molecular weight is 372 g/mol. The second-order valence-corrected chi connectivity index (χ2v) is 9.19. The van der Waals surface area contributed by atoms with E-state index in [9.17, 15) is 8.42 Å². The summed E-state index contributed by atoms with van der Waals surface area (Å²) in [5.74, 6) is 0. The molecular weight excluding hydrogens is 354 g/mol. The molecule has 0 amide bonds. The van der Waals surface area contributed by atoms with E-state index in [1.165, 1.54) is 4.88 Å². The summed E-state index contributed by atoms with van der Waals surface area (Å²) in [6.07, 6.45) is 1.88. The highest BCUT2D eigenvalue weighted by Crippen LogP contribution is 2.21. The van der Waals surface area contributed by atoms with Gasteiger partial charge in [-0.1, -0.05) is 11.6 Å². The summed E-state index contributed by atoms with van der Waals surface area (Å²) in [5, 5.41) is 1.61. The fraction of sp³-hybridized carbons (Fsp3) is 0.400. The van der Waals surface area contributed by atoms with Crippen LogP contribution in [-0.4, -0.2) is 48.8 Å². The van der Waals surface area contributed by atoms with Crippen LogP contribution in [0, 0.1) is 6.92 Å². The molecule has 0 bridgehead atoms. The van der Waals surface area contributed by atoms with Gasteiger partial charge in [0.05, 0.1) is 11.4 Å². The van der Waals surface area contributed by atoms with Gasteiger partial charge in [0.25, 0.3) is 0 Å². The third-order valence-electron chi connectivity index (χ3n) is 3.81. The topological polar surface area (TPSA) is 53.5 Å². The van der Waals surface area contributed by atoms with Crippen molar-refractivity contribution in [2.24, 2.45) is 0 Å². The molecule has 1 aromatic carbocycles. The van der Waals surface area contributed by atoms with Crippen molar-refractivity contribution in [2.45, 2.75) is 18.4 Å². The smallest absolute Gasteiger partial charge is 0.243 e. The molecule has 8 heteroatoms. The first-order valence-corrected chi connectivity index (χ1v) is 9.98. The lowest BCUT2D eigenvalue weighted by Gasteiger charge is -2.33. The minimum Gasteiger partial charge on any atom is -0.294 e. The molecule has 0 spiro atoms. The van der Waals surface area contributed by atoms with Gasteiger partial charge in [0, 0.05) is 42.3 Å². The summed E-state index contributed by atoms with van der Waals surface area (Å²) in [6.45, 7) is 5.24. The Morgan fingerprint density at radius 1 is 1.17 bits per heavy atom. The third-order valence-corrected chi connectivity index (χ3v) is 6.87. The molecule has 0 N–H and O–H groups in total. The molecule has 0 unspecified atom stereocenters. The van der Waals surface area contributed by atoms with Crippen LogP contribution < -0.4 is 0 Å². The van der Waals surface area contributed by atoms with Crippen molar-refractivity contribution in [1.29, 1.82) is 0 Å². The van der Waals surface area contributed by atoms with E-state index in [4.69, 9.17) is 11.6 Å². The Balaban J connectivity index is 1.62. The molecule has 1 aromatic heterocycles. The van der Waals surface area contributed by atoms with Gasteiger partial charge in [0.2, 0.25) is 10.0 Å². The highest BCUT2D eigenvalue weighted by atomic mass is 35.5. The average Bonchev–Trinajstić information content (AvgIpc) is 2.93. The largest absolute Gasteiger partial charge is 0.294 e. The van der Waals surface area contributed by atoms with Crippen LogP contribution in [0.4, 0.5) is 0 Å². The van der Waals surface area contributed by atoms with Crippen molar-refractivity contribution in [2.75, 3.05) is 26.2 Å². The molecule has 1 aliphatic heterocycles. The quantitative estimate of drug-likeness (QED) is 0.829. The zero-order valence-electron chi connectivity index (χ0n) is 12.8. The van der Waals surface area contributed by atoms with Gasteiger partial charge >= 0.3 is 0 Å². The number of aromatic nitrogens is 1. The van der Waals surface area contributed by atoms with E-state index in [1.54, 1.807) is 39.9 Å². The van der Waals surface area contributed by atoms with E-state index < -0.39 is 10.0 Å². The van der Waals surface area contributed by atoms with E-state index in [0.29, 0.717) is 36.1 Å². The highest BCUT2D eigenvalue weighted by molar-refractivity contribution is 7.89. The molecule has 1 aliphatic rings. The summed E-state index contributed by atoms with van der Waals surface area (Å²) < 4.78 is 26.8. The van der Waals surface area contributed by atoms with Crippen LogP contribution in [0.25, 0.3) is 0 Å². The van der Waals surface area contributed by atoms with E-state index in [-0.39, 0.29) is 0 Å². The van der Waals surface area contributed by atoms with Gasteiger partial charge in [-0.25, -0.2) is 13.4 Å². The third kappa shape index (κ3) is 3.92. The molecule has 0 aliphatic carbocycles. The maximum Gasteiger partial charge on any atom is 0.243 e. The lowest BCUT2D eigenvalue weighted by molar-refractivity contribution is 0.181. The second-order valence-electron chi connectivity index (χ2n) is 5.50. The molecule has 0 saturated carbocycles. The first-order valence-electron chi connectivity index (χ1n) is 7.34. The maximum atomic E-state index is 12.6. The molecule has 0 radical (unpaired) electrons. The number of benzene rings is 1. The Morgan fingerprint density at radius 3 is 2.39 bits per heavy atom. The van der Waals surface area contributed by atoms with E-state index in [1.807, 2.05) is 13.1 Å². The minimum atomic E-state index is -3.44. The standard InChI is InChI=1S/C15H18ClN3O2S2/c1-12-10-17-15(22-12)11-18-6-8-19(9-7-18)23(20,21)14-4-2-13(16)3-5-14/h2-5,10H,6-9,11H2,1H3. The molecule has 2 heterocycles. The highest BCUT2D eigenvalue weighted by Gasteiger charge is 2.28. The number of piperazine rings is 1. The lowest BCUT2D eigenvalue weighted by Crippen LogP contribution is -2.48. The molecule has 2 aromatic rings. The Morgan fingerprint density at radius 2 is 1.83 bits per heavy atom. The molecule has 23 heavy (non-hydrogen) atoms. The van der Waals surface area contributed by atoms with Gasteiger partial charge < -0.3 is 0 Å². The molecule has 124 valence electrons. The number of nitrogens with zero attached hydrogens (tertiary/aromatic N) is 3. The van der Waals surface area contributed by atoms with Crippen molar-refractivity contribution in [1.82, 2.24) is 14.2 Å². The van der Waals surface area contributed by atoms with Crippen LogP contribution in [0.5, 0.6) is 0 Å². The molecular formula is C15H18ClN3O2S2. The van der Waals surface area contributed by atoms with E-state index in [2.05, 4.69) is 9.88 Å².